The maximum atomic E-state index is 13.7. The fraction of sp³-hybridized carbons (Fsp3) is 0.769. The Morgan fingerprint density at radius 2 is 2.32 bits per heavy atom. The van der Waals surface area contributed by atoms with Crippen molar-refractivity contribution >= 4 is 23.8 Å². The fourth-order valence-corrected chi connectivity index (χ4v) is 2.81. The molecule has 1 fully saturated rings. The highest BCUT2D eigenvalue weighted by atomic mass is 32.2. The van der Waals surface area contributed by atoms with Crippen LogP contribution in [0.3, 0.4) is 0 Å². The summed E-state index contributed by atoms with van der Waals surface area (Å²) < 4.78 is 19.0. The topological polar surface area (TPSA) is 83.3 Å². The SMILES string of the molecule is CSCCCNC(=O)NC[C@@H]1C[C@H](F)CN1c1nnc(C)o1. The van der Waals surface area contributed by atoms with Gasteiger partial charge in [0.1, 0.15) is 6.17 Å². The van der Waals surface area contributed by atoms with E-state index in [9.17, 15) is 9.18 Å². The van der Waals surface area contributed by atoms with Crippen molar-refractivity contribution in [2.45, 2.75) is 32.0 Å². The first-order chi connectivity index (χ1) is 10.6. The molecule has 124 valence electrons. The number of nitrogens with zero attached hydrogens (tertiary/aromatic N) is 3. The highest BCUT2D eigenvalue weighted by Crippen LogP contribution is 2.25. The second kappa shape index (κ2) is 8.21. The van der Waals surface area contributed by atoms with Crippen LogP contribution in [0.2, 0.25) is 0 Å². The smallest absolute Gasteiger partial charge is 0.318 e. The van der Waals surface area contributed by atoms with Crippen molar-refractivity contribution in [3.8, 4) is 0 Å². The number of aromatic nitrogens is 2. The Labute approximate surface area is 133 Å². The number of thioether (sulfide) groups is 1. The molecule has 2 N–H and O–H groups in total. The summed E-state index contributed by atoms with van der Waals surface area (Å²) in [5.41, 5.74) is 0. The molecule has 0 bridgehead atoms. The minimum atomic E-state index is -0.955. The molecular formula is C13H22FN5O2S. The van der Waals surface area contributed by atoms with E-state index < -0.39 is 6.17 Å². The first-order valence-electron chi connectivity index (χ1n) is 7.31. The molecule has 0 unspecified atom stereocenters. The quantitative estimate of drug-likeness (QED) is 0.734. The van der Waals surface area contributed by atoms with E-state index in [2.05, 4.69) is 20.8 Å². The van der Waals surface area contributed by atoms with Gasteiger partial charge in [-0.3, -0.25) is 0 Å². The van der Waals surface area contributed by atoms with E-state index in [0.717, 1.165) is 12.2 Å². The van der Waals surface area contributed by atoms with Crippen molar-refractivity contribution in [3.05, 3.63) is 5.89 Å². The van der Waals surface area contributed by atoms with Crippen LogP contribution in [0.25, 0.3) is 0 Å². The molecule has 1 saturated heterocycles. The third-order valence-corrected chi connectivity index (χ3v) is 4.13. The number of alkyl halides is 1. The summed E-state index contributed by atoms with van der Waals surface area (Å²) in [4.78, 5) is 13.4. The van der Waals surface area contributed by atoms with Crippen LogP contribution >= 0.6 is 11.8 Å². The summed E-state index contributed by atoms with van der Waals surface area (Å²) >= 11 is 1.74. The van der Waals surface area contributed by atoms with Crippen molar-refractivity contribution in [2.24, 2.45) is 0 Å². The molecule has 2 rings (SSSR count). The molecule has 0 saturated carbocycles. The van der Waals surface area contributed by atoms with Crippen LogP contribution in [0.4, 0.5) is 15.2 Å². The van der Waals surface area contributed by atoms with E-state index in [1.807, 2.05) is 6.26 Å². The Morgan fingerprint density at radius 1 is 1.50 bits per heavy atom. The van der Waals surface area contributed by atoms with Gasteiger partial charge in [-0.15, -0.1) is 5.10 Å². The van der Waals surface area contributed by atoms with Gasteiger partial charge in [0.05, 0.1) is 12.6 Å². The summed E-state index contributed by atoms with van der Waals surface area (Å²) in [6.45, 7) is 2.88. The first-order valence-corrected chi connectivity index (χ1v) is 8.71. The normalized spacial score (nSPS) is 21.1. The average Bonchev–Trinajstić information content (AvgIpc) is 3.07. The number of urea groups is 1. The molecule has 9 heteroatoms. The third kappa shape index (κ3) is 4.75. The molecule has 2 heterocycles. The number of carbonyl (C=O) groups excluding carboxylic acids is 1. The van der Waals surface area contributed by atoms with Crippen molar-refractivity contribution < 1.29 is 13.6 Å². The number of hydrogen-bond acceptors (Lipinski definition) is 6. The highest BCUT2D eigenvalue weighted by molar-refractivity contribution is 7.98. The molecule has 1 aromatic rings. The minimum Gasteiger partial charge on any atom is -0.408 e. The lowest BCUT2D eigenvalue weighted by Crippen LogP contribution is -2.44. The van der Waals surface area contributed by atoms with Gasteiger partial charge in [-0.2, -0.15) is 11.8 Å². The summed E-state index contributed by atoms with van der Waals surface area (Å²) in [6.07, 6.45) is 2.34. The van der Waals surface area contributed by atoms with Gasteiger partial charge in [-0.05, 0) is 18.4 Å². The molecule has 2 amide bonds. The lowest BCUT2D eigenvalue weighted by molar-refractivity contribution is 0.240. The maximum absolute atomic E-state index is 13.7. The van der Waals surface area contributed by atoms with Gasteiger partial charge in [-0.25, -0.2) is 9.18 Å². The van der Waals surface area contributed by atoms with Crippen LogP contribution in [0.15, 0.2) is 4.42 Å². The molecule has 1 aromatic heterocycles. The van der Waals surface area contributed by atoms with E-state index in [1.165, 1.54) is 0 Å². The number of amides is 2. The summed E-state index contributed by atoms with van der Waals surface area (Å²) in [5, 5.41) is 13.2. The Morgan fingerprint density at radius 3 is 3.00 bits per heavy atom. The van der Waals surface area contributed by atoms with Gasteiger partial charge in [0.25, 0.3) is 0 Å². The second-order valence-corrected chi connectivity index (χ2v) is 6.21. The van der Waals surface area contributed by atoms with Crippen molar-refractivity contribution in [2.75, 3.05) is 36.5 Å². The van der Waals surface area contributed by atoms with Crippen molar-refractivity contribution in [3.63, 3.8) is 0 Å². The van der Waals surface area contributed by atoms with Crippen LogP contribution in [0.5, 0.6) is 0 Å². The zero-order valence-corrected chi connectivity index (χ0v) is 13.7. The summed E-state index contributed by atoms with van der Waals surface area (Å²) in [6, 6.07) is -0.0957. The first kappa shape index (κ1) is 16.9. The van der Waals surface area contributed by atoms with E-state index in [0.29, 0.717) is 31.4 Å². The molecule has 1 aliphatic heterocycles. The van der Waals surface area contributed by atoms with Gasteiger partial charge < -0.3 is 20.0 Å². The van der Waals surface area contributed by atoms with Crippen LogP contribution in [0.1, 0.15) is 18.7 Å². The predicted molar refractivity (Wildman–Crippen MR) is 84.1 cm³/mol. The molecule has 0 aliphatic carbocycles. The molecule has 1 aliphatic rings. The Kier molecular flexibility index (Phi) is 6.29. The lowest BCUT2D eigenvalue weighted by Gasteiger charge is -2.22. The predicted octanol–water partition coefficient (Wildman–Crippen LogP) is 1.35. The Hall–Kier alpha value is -1.51. The number of carbonyl (C=O) groups is 1. The Balaban J connectivity index is 1.79. The fourth-order valence-electron chi connectivity index (χ4n) is 2.38. The number of anilines is 1. The number of aryl methyl sites for hydroxylation is 1. The molecule has 7 nitrogen and oxygen atoms in total. The van der Waals surface area contributed by atoms with Gasteiger partial charge in [-0.1, -0.05) is 5.10 Å². The van der Waals surface area contributed by atoms with E-state index in [-0.39, 0.29) is 18.6 Å². The third-order valence-electron chi connectivity index (χ3n) is 3.43. The summed E-state index contributed by atoms with van der Waals surface area (Å²) in [7, 11) is 0. The molecule has 0 spiro atoms. The molecule has 0 radical (unpaired) electrons. The van der Waals surface area contributed by atoms with E-state index >= 15 is 0 Å². The number of nitrogens with one attached hydrogen (secondary N) is 2. The number of halogens is 1. The van der Waals surface area contributed by atoms with Gasteiger partial charge in [0.15, 0.2) is 0 Å². The van der Waals surface area contributed by atoms with Gasteiger partial charge in [0.2, 0.25) is 5.89 Å². The monoisotopic (exact) mass is 331 g/mol. The molecule has 0 aromatic carbocycles. The van der Waals surface area contributed by atoms with Gasteiger partial charge >= 0.3 is 12.0 Å². The molecule has 2 atom stereocenters. The standard InChI is InChI=1S/C13H22FN5O2S/c1-9-17-18-13(21-9)19-8-10(14)6-11(19)7-16-12(20)15-4-3-5-22-2/h10-11H,3-8H2,1-2H3,(H2,15,16,20)/t10-,11-/m0/s1. The van der Waals surface area contributed by atoms with E-state index in [1.54, 1.807) is 23.6 Å². The molecular weight excluding hydrogens is 309 g/mol. The maximum Gasteiger partial charge on any atom is 0.318 e. The Bertz CT molecular complexity index is 487. The second-order valence-electron chi connectivity index (χ2n) is 5.23. The van der Waals surface area contributed by atoms with Crippen LogP contribution in [-0.2, 0) is 0 Å². The van der Waals surface area contributed by atoms with Crippen molar-refractivity contribution in [1.29, 1.82) is 0 Å². The molecule has 22 heavy (non-hydrogen) atoms. The number of hydrogen-bond donors (Lipinski definition) is 2. The number of rotatable bonds is 7. The highest BCUT2D eigenvalue weighted by Gasteiger charge is 2.35. The minimum absolute atomic E-state index is 0.174. The van der Waals surface area contributed by atoms with Gasteiger partial charge in [0, 0.05) is 26.4 Å². The van der Waals surface area contributed by atoms with Crippen molar-refractivity contribution in [1.82, 2.24) is 20.8 Å². The van der Waals surface area contributed by atoms with Crippen LogP contribution < -0.4 is 15.5 Å². The zero-order chi connectivity index (χ0) is 15.9. The zero-order valence-electron chi connectivity index (χ0n) is 12.8. The van der Waals surface area contributed by atoms with E-state index in [4.69, 9.17) is 4.42 Å². The largest absolute Gasteiger partial charge is 0.408 e. The summed E-state index contributed by atoms with van der Waals surface area (Å²) in [5.74, 6) is 1.45. The lowest BCUT2D eigenvalue weighted by atomic mass is 10.2. The van der Waals surface area contributed by atoms with Crippen LogP contribution in [0, 0.1) is 6.92 Å². The average molecular weight is 331 g/mol. The van der Waals surface area contributed by atoms with Crippen LogP contribution in [-0.4, -0.2) is 60.1 Å².